The molecule has 3 atom stereocenters. The quantitative estimate of drug-likeness (QED) is 0.592. The van der Waals surface area contributed by atoms with E-state index in [0.29, 0.717) is 0 Å². The number of hydrogen-bond acceptors (Lipinski definition) is 4. The van der Waals surface area contributed by atoms with Crippen molar-refractivity contribution in [2.45, 2.75) is 38.9 Å². The average molecular weight is 280 g/mol. The van der Waals surface area contributed by atoms with Crippen LogP contribution in [0.2, 0.25) is 0 Å². The van der Waals surface area contributed by atoms with E-state index >= 15 is 0 Å². The number of rotatable bonds is 1. The molecule has 1 rings (SSSR count). The van der Waals surface area contributed by atoms with Gasteiger partial charge in [-0.05, 0) is 25.3 Å². The van der Waals surface area contributed by atoms with Gasteiger partial charge in [-0.3, -0.25) is 0 Å². The van der Waals surface area contributed by atoms with Crippen molar-refractivity contribution in [3.63, 3.8) is 0 Å². The molecule has 1 aliphatic heterocycles. The third-order valence-electron chi connectivity index (χ3n) is 3.22. The zero-order chi connectivity index (χ0) is 15.0. The van der Waals surface area contributed by atoms with E-state index in [9.17, 15) is 9.90 Å². The van der Waals surface area contributed by atoms with E-state index in [1.807, 2.05) is 32.1 Å². The molecule has 0 aromatic carbocycles. The Morgan fingerprint density at radius 3 is 2.75 bits per heavy atom. The Labute approximate surface area is 120 Å². The van der Waals surface area contributed by atoms with Crippen LogP contribution in [0.25, 0.3) is 0 Å². The highest BCUT2D eigenvalue weighted by molar-refractivity contribution is 5.81. The molecule has 4 heteroatoms. The first-order valence-corrected chi connectivity index (χ1v) is 6.92. The number of carbonyl (C=O) groups is 1. The lowest BCUT2D eigenvalue weighted by atomic mass is 9.96. The maximum absolute atomic E-state index is 11.4. The summed E-state index contributed by atoms with van der Waals surface area (Å²) in [5.41, 5.74) is 0.911. The molecule has 0 aliphatic carbocycles. The Hall–Kier alpha value is -1.39. The molecule has 1 heterocycles. The second-order valence-electron chi connectivity index (χ2n) is 5.08. The molecule has 0 fully saturated rings. The van der Waals surface area contributed by atoms with E-state index < -0.39 is 6.10 Å². The number of aliphatic hydroxyl groups is 1. The molecular weight excluding hydrogens is 256 g/mol. The highest BCUT2D eigenvalue weighted by atomic mass is 16.5. The van der Waals surface area contributed by atoms with Crippen molar-refractivity contribution in [2.75, 3.05) is 13.7 Å². The molecule has 1 unspecified atom stereocenters. The fourth-order valence-electron chi connectivity index (χ4n) is 2.06. The van der Waals surface area contributed by atoms with Gasteiger partial charge in [0.05, 0.1) is 6.10 Å². The summed E-state index contributed by atoms with van der Waals surface area (Å²) < 4.78 is 10.4. The average Bonchev–Trinajstić information content (AvgIpc) is 2.43. The lowest BCUT2D eigenvalue weighted by Crippen LogP contribution is -2.31. The van der Waals surface area contributed by atoms with Gasteiger partial charge < -0.3 is 14.6 Å². The number of esters is 1. The molecule has 4 nitrogen and oxygen atoms in total. The van der Waals surface area contributed by atoms with E-state index in [1.54, 1.807) is 13.2 Å². The molecule has 1 N–H and O–H groups in total. The Balaban J connectivity index is 2.86. The van der Waals surface area contributed by atoms with Crippen LogP contribution in [-0.4, -0.2) is 37.0 Å². The molecule has 0 aromatic heterocycles. The van der Waals surface area contributed by atoms with Gasteiger partial charge in [-0.2, -0.15) is 0 Å². The number of hydrogen-bond donors (Lipinski definition) is 1. The summed E-state index contributed by atoms with van der Waals surface area (Å²) in [5.74, 6) is -0.413. The Kier molecular flexibility index (Phi) is 7.26. The van der Waals surface area contributed by atoms with E-state index in [4.69, 9.17) is 9.47 Å². The van der Waals surface area contributed by atoms with Gasteiger partial charge in [0.1, 0.15) is 12.7 Å². The van der Waals surface area contributed by atoms with E-state index in [1.165, 1.54) is 6.08 Å². The lowest BCUT2D eigenvalue weighted by Gasteiger charge is -2.23. The van der Waals surface area contributed by atoms with E-state index in [-0.39, 0.29) is 24.6 Å². The first kappa shape index (κ1) is 16.7. The van der Waals surface area contributed by atoms with Gasteiger partial charge in [-0.15, -0.1) is 0 Å². The summed E-state index contributed by atoms with van der Waals surface area (Å²) in [5, 5.41) is 10.3. The first-order valence-electron chi connectivity index (χ1n) is 6.92. The van der Waals surface area contributed by atoms with Gasteiger partial charge in [0.25, 0.3) is 0 Å². The van der Waals surface area contributed by atoms with Gasteiger partial charge in [-0.1, -0.05) is 31.2 Å². The summed E-state index contributed by atoms with van der Waals surface area (Å²) in [6.45, 7) is 4.04. The fourth-order valence-corrected chi connectivity index (χ4v) is 2.06. The van der Waals surface area contributed by atoms with Crippen LogP contribution in [0.5, 0.6) is 0 Å². The predicted molar refractivity (Wildman–Crippen MR) is 78.2 cm³/mol. The summed E-state index contributed by atoms with van der Waals surface area (Å²) >= 11 is 0. The van der Waals surface area contributed by atoms with Crippen LogP contribution in [0.4, 0.5) is 0 Å². The largest absolute Gasteiger partial charge is 0.458 e. The number of allylic oxidation sites excluding steroid dienone is 2. The van der Waals surface area contributed by atoms with Gasteiger partial charge >= 0.3 is 5.97 Å². The third kappa shape index (κ3) is 5.72. The molecule has 0 amide bonds. The molecule has 0 spiro atoms. The maximum atomic E-state index is 11.4. The fraction of sp³-hybridized carbons (Fsp3) is 0.562. The highest BCUT2D eigenvalue weighted by Crippen LogP contribution is 2.15. The Morgan fingerprint density at radius 2 is 2.05 bits per heavy atom. The van der Waals surface area contributed by atoms with Crippen molar-refractivity contribution < 1.29 is 19.4 Å². The summed E-state index contributed by atoms with van der Waals surface area (Å²) in [7, 11) is 1.59. The monoisotopic (exact) mass is 280 g/mol. The number of aliphatic hydroxyl groups excluding tert-OH is 1. The van der Waals surface area contributed by atoms with Crippen molar-refractivity contribution >= 4 is 5.97 Å². The smallest absolute Gasteiger partial charge is 0.330 e. The van der Waals surface area contributed by atoms with Crippen LogP contribution in [-0.2, 0) is 14.3 Å². The molecule has 0 saturated heterocycles. The minimum absolute atomic E-state index is 0.0817. The van der Waals surface area contributed by atoms with Crippen LogP contribution < -0.4 is 0 Å². The standard InChI is InChI=1S/C16H24O4/c1-12-10-13(2)16(18)14(19-3)8-6-4-5-7-9-15(17)20-11-12/h6-10,13-14,16,18H,4-5,11H2,1-3H3/b8-6+,9-7+,12-10-/t13-,14?,16+/m1/s1. The van der Waals surface area contributed by atoms with E-state index in [2.05, 4.69) is 0 Å². The van der Waals surface area contributed by atoms with Crippen LogP contribution in [0.15, 0.2) is 36.0 Å². The van der Waals surface area contributed by atoms with Crippen molar-refractivity contribution in [3.05, 3.63) is 36.0 Å². The van der Waals surface area contributed by atoms with E-state index in [0.717, 1.165) is 18.4 Å². The zero-order valence-electron chi connectivity index (χ0n) is 12.4. The predicted octanol–water partition coefficient (Wildman–Crippen LogP) is 2.39. The SMILES string of the molecule is COC1/C=C/CC/C=C/C(=O)OC/C(C)=C\[C@@H](C)[C@@H]1O. The summed E-state index contributed by atoms with van der Waals surface area (Å²) in [4.78, 5) is 11.4. The second kappa shape index (κ2) is 8.72. The minimum Gasteiger partial charge on any atom is -0.458 e. The molecule has 0 radical (unpaired) electrons. The van der Waals surface area contributed by atoms with Gasteiger partial charge in [0.15, 0.2) is 0 Å². The number of methoxy groups -OCH3 is 1. The normalized spacial score (nSPS) is 35.3. The Bertz CT molecular complexity index is 395. The topological polar surface area (TPSA) is 55.8 Å². The minimum atomic E-state index is -0.625. The van der Waals surface area contributed by atoms with Crippen molar-refractivity contribution in [1.82, 2.24) is 0 Å². The molecule has 1 aliphatic rings. The summed E-state index contributed by atoms with van der Waals surface area (Å²) in [6, 6.07) is 0. The number of ether oxygens (including phenoxy) is 2. The lowest BCUT2D eigenvalue weighted by molar-refractivity contribution is -0.136. The van der Waals surface area contributed by atoms with Gasteiger partial charge in [-0.25, -0.2) is 4.79 Å². The maximum Gasteiger partial charge on any atom is 0.330 e. The van der Waals surface area contributed by atoms with Crippen LogP contribution >= 0.6 is 0 Å². The summed E-state index contributed by atoms with van der Waals surface area (Å²) in [6.07, 6.45) is 9.58. The van der Waals surface area contributed by atoms with Gasteiger partial charge in [0, 0.05) is 19.1 Å². The zero-order valence-corrected chi connectivity index (χ0v) is 12.4. The van der Waals surface area contributed by atoms with Crippen LogP contribution in [0.1, 0.15) is 26.7 Å². The molecular formula is C16H24O4. The van der Waals surface area contributed by atoms with Crippen molar-refractivity contribution in [3.8, 4) is 0 Å². The third-order valence-corrected chi connectivity index (χ3v) is 3.22. The molecule has 0 aromatic rings. The van der Waals surface area contributed by atoms with Crippen LogP contribution in [0.3, 0.4) is 0 Å². The first-order chi connectivity index (χ1) is 9.54. The highest BCUT2D eigenvalue weighted by Gasteiger charge is 2.21. The van der Waals surface area contributed by atoms with Crippen molar-refractivity contribution in [2.24, 2.45) is 5.92 Å². The number of carbonyl (C=O) groups excluding carboxylic acids is 1. The molecule has 0 bridgehead atoms. The molecule has 20 heavy (non-hydrogen) atoms. The second-order valence-corrected chi connectivity index (χ2v) is 5.08. The Morgan fingerprint density at radius 1 is 1.35 bits per heavy atom. The van der Waals surface area contributed by atoms with Gasteiger partial charge in [0.2, 0.25) is 0 Å². The molecule has 0 saturated carbocycles. The number of cyclic esters (lactones) is 1. The van der Waals surface area contributed by atoms with Crippen LogP contribution in [0, 0.1) is 5.92 Å². The molecule has 112 valence electrons. The van der Waals surface area contributed by atoms with Crippen molar-refractivity contribution in [1.29, 1.82) is 0 Å².